The maximum absolute atomic E-state index is 12.8. The minimum atomic E-state index is -0.357. The maximum atomic E-state index is 12.8. The van der Waals surface area contributed by atoms with Crippen LogP contribution in [0.15, 0.2) is 60.9 Å². The van der Waals surface area contributed by atoms with Gasteiger partial charge in [0.15, 0.2) is 0 Å². The summed E-state index contributed by atoms with van der Waals surface area (Å²) in [5.41, 5.74) is 8.19. The van der Waals surface area contributed by atoms with Gasteiger partial charge in [-0.15, -0.1) is 0 Å². The predicted octanol–water partition coefficient (Wildman–Crippen LogP) is 2.98. The number of ether oxygens (including phenoxy) is 1. The summed E-state index contributed by atoms with van der Waals surface area (Å²) in [6.45, 7) is 1.03. The minimum absolute atomic E-state index is 0.106. The Kier molecular flexibility index (Phi) is 6.12. The molecular formula is C21H21N3O3. The lowest BCUT2D eigenvalue weighted by molar-refractivity contribution is -0.129. The van der Waals surface area contributed by atoms with Crippen molar-refractivity contribution in [3.05, 3.63) is 72.1 Å². The van der Waals surface area contributed by atoms with Crippen molar-refractivity contribution >= 4 is 28.8 Å². The van der Waals surface area contributed by atoms with Crippen molar-refractivity contribution in [3.8, 4) is 0 Å². The molecule has 3 rings (SSSR count). The van der Waals surface area contributed by atoms with Gasteiger partial charge in [-0.2, -0.15) is 0 Å². The Labute approximate surface area is 157 Å². The third kappa shape index (κ3) is 4.68. The first-order chi connectivity index (χ1) is 13.2. The van der Waals surface area contributed by atoms with Gasteiger partial charge in [-0.25, -0.2) is 0 Å². The largest absolute Gasteiger partial charge is 0.463 e. The van der Waals surface area contributed by atoms with Gasteiger partial charge >= 0.3 is 0 Å². The van der Waals surface area contributed by atoms with Gasteiger partial charge < -0.3 is 15.8 Å². The molecule has 1 aromatic heterocycles. The Bertz CT molecular complexity index is 925. The van der Waals surface area contributed by atoms with Crippen molar-refractivity contribution in [2.75, 3.05) is 11.9 Å². The SMILES string of the molecule is NCCC(C(=O)Nc1ccc2cnccc2c1)c1ccc(COC=O)cc1. The van der Waals surface area contributed by atoms with Gasteiger partial charge in [-0.1, -0.05) is 30.3 Å². The second-order valence-electron chi connectivity index (χ2n) is 6.21. The number of pyridine rings is 1. The summed E-state index contributed by atoms with van der Waals surface area (Å²) >= 11 is 0. The number of nitrogens with two attached hydrogens (primary N) is 1. The van der Waals surface area contributed by atoms with E-state index in [1.54, 1.807) is 12.4 Å². The molecule has 2 aromatic carbocycles. The summed E-state index contributed by atoms with van der Waals surface area (Å²) in [6.07, 6.45) is 4.04. The number of carbonyl (C=O) groups excluding carboxylic acids is 2. The van der Waals surface area contributed by atoms with Crippen molar-refractivity contribution in [2.45, 2.75) is 18.9 Å². The van der Waals surface area contributed by atoms with E-state index in [4.69, 9.17) is 10.5 Å². The highest BCUT2D eigenvalue weighted by Crippen LogP contribution is 2.24. The number of hydrogen-bond acceptors (Lipinski definition) is 5. The van der Waals surface area contributed by atoms with Crippen molar-refractivity contribution < 1.29 is 14.3 Å². The normalized spacial score (nSPS) is 11.7. The van der Waals surface area contributed by atoms with Crippen LogP contribution in [0.25, 0.3) is 10.8 Å². The topological polar surface area (TPSA) is 94.3 Å². The molecule has 0 radical (unpaired) electrons. The quantitative estimate of drug-likeness (QED) is 0.600. The molecule has 6 nitrogen and oxygen atoms in total. The first-order valence-electron chi connectivity index (χ1n) is 8.70. The summed E-state index contributed by atoms with van der Waals surface area (Å²) in [6, 6.07) is 15.1. The molecule has 27 heavy (non-hydrogen) atoms. The number of amides is 1. The van der Waals surface area contributed by atoms with Gasteiger partial charge in [0.25, 0.3) is 6.47 Å². The fraction of sp³-hybridized carbons (Fsp3) is 0.190. The molecule has 0 aliphatic rings. The first-order valence-corrected chi connectivity index (χ1v) is 8.70. The number of fused-ring (bicyclic) bond motifs is 1. The maximum Gasteiger partial charge on any atom is 0.293 e. The van der Waals surface area contributed by atoms with E-state index in [9.17, 15) is 9.59 Å². The van der Waals surface area contributed by atoms with Crippen LogP contribution in [0, 0.1) is 0 Å². The van der Waals surface area contributed by atoms with E-state index in [0.717, 1.165) is 27.6 Å². The lowest BCUT2D eigenvalue weighted by Crippen LogP contribution is -2.23. The first kappa shape index (κ1) is 18.5. The number of carbonyl (C=O) groups is 2. The van der Waals surface area contributed by atoms with E-state index >= 15 is 0 Å². The standard InChI is InChI=1S/C21H21N3O3/c22-9-7-20(16-3-1-15(2-4-16)13-27-14-25)21(26)24-19-6-5-18-12-23-10-8-17(18)11-19/h1-6,8,10-12,14,20H,7,9,13,22H2,(H,24,26). The molecule has 0 bridgehead atoms. The Balaban J connectivity index is 1.76. The molecule has 6 heteroatoms. The predicted molar refractivity (Wildman–Crippen MR) is 104 cm³/mol. The van der Waals surface area contributed by atoms with Crippen LogP contribution in [0.1, 0.15) is 23.5 Å². The Morgan fingerprint density at radius 3 is 2.70 bits per heavy atom. The van der Waals surface area contributed by atoms with E-state index in [0.29, 0.717) is 19.4 Å². The fourth-order valence-corrected chi connectivity index (χ4v) is 2.98. The Morgan fingerprint density at radius 2 is 1.96 bits per heavy atom. The molecule has 3 N–H and O–H groups in total. The molecule has 0 aliphatic heterocycles. The second kappa shape index (κ2) is 8.91. The summed E-state index contributed by atoms with van der Waals surface area (Å²) in [5, 5.41) is 5.01. The van der Waals surface area contributed by atoms with Crippen LogP contribution in [0.3, 0.4) is 0 Å². The number of benzene rings is 2. The van der Waals surface area contributed by atoms with Crippen molar-refractivity contribution in [1.29, 1.82) is 0 Å². The third-order valence-corrected chi connectivity index (χ3v) is 4.38. The third-order valence-electron chi connectivity index (χ3n) is 4.38. The minimum Gasteiger partial charge on any atom is -0.463 e. The number of rotatable bonds is 8. The number of hydrogen-bond donors (Lipinski definition) is 2. The molecule has 1 amide bonds. The molecule has 0 aliphatic carbocycles. The van der Waals surface area contributed by atoms with Crippen LogP contribution >= 0.6 is 0 Å². The van der Waals surface area contributed by atoms with Crippen molar-refractivity contribution in [3.63, 3.8) is 0 Å². The van der Waals surface area contributed by atoms with Crippen molar-refractivity contribution in [1.82, 2.24) is 4.98 Å². The number of nitrogens with one attached hydrogen (secondary N) is 1. The van der Waals surface area contributed by atoms with Gasteiger partial charge in [0.05, 0.1) is 5.92 Å². The highest BCUT2D eigenvalue weighted by atomic mass is 16.5. The van der Waals surface area contributed by atoms with Crippen molar-refractivity contribution in [2.24, 2.45) is 5.73 Å². The van der Waals surface area contributed by atoms with Gasteiger partial charge in [-0.05, 0) is 47.7 Å². The summed E-state index contributed by atoms with van der Waals surface area (Å²) in [4.78, 5) is 27.2. The molecular weight excluding hydrogens is 342 g/mol. The van der Waals surface area contributed by atoms with Crippen LogP contribution in [0.4, 0.5) is 5.69 Å². The van der Waals surface area contributed by atoms with Crippen LogP contribution in [0.2, 0.25) is 0 Å². The average molecular weight is 363 g/mol. The smallest absolute Gasteiger partial charge is 0.293 e. The van der Waals surface area contributed by atoms with Gasteiger partial charge in [-0.3, -0.25) is 14.6 Å². The molecule has 0 fully saturated rings. The molecule has 1 unspecified atom stereocenters. The van der Waals surface area contributed by atoms with Gasteiger partial charge in [0.1, 0.15) is 6.61 Å². The highest BCUT2D eigenvalue weighted by Gasteiger charge is 2.20. The van der Waals surface area contributed by atoms with E-state index in [1.807, 2.05) is 48.5 Å². The zero-order valence-electron chi connectivity index (χ0n) is 14.8. The molecule has 0 saturated carbocycles. The molecule has 0 saturated heterocycles. The van der Waals surface area contributed by atoms with E-state index in [-0.39, 0.29) is 18.4 Å². The van der Waals surface area contributed by atoms with Gasteiger partial charge in [0, 0.05) is 23.5 Å². The number of nitrogens with zero attached hydrogens (tertiary/aromatic N) is 1. The van der Waals surface area contributed by atoms with Crippen LogP contribution < -0.4 is 11.1 Å². The number of anilines is 1. The zero-order valence-corrected chi connectivity index (χ0v) is 14.8. The second-order valence-corrected chi connectivity index (χ2v) is 6.21. The summed E-state index contributed by atoms with van der Waals surface area (Å²) < 4.78 is 4.74. The van der Waals surface area contributed by atoms with Crippen LogP contribution in [-0.2, 0) is 20.9 Å². The average Bonchev–Trinajstić information content (AvgIpc) is 2.71. The summed E-state index contributed by atoms with van der Waals surface area (Å²) in [5.74, 6) is -0.463. The fourth-order valence-electron chi connectivity index (χ4n) is 2.98. The lowest BCUT2D eigenvalue weighted by Gasteiger charge is -2.17. The van der Waals surface area contributed by atoms with Gasteiger partial charge in [0.2, 0.25) is 5.91 Å². The van der Waals surface area contributed by atoms with Crippen LogP contribution in [-0.4, -0.2) is 23.9 Å². The molecule has 1 heterocycles. The highest BCUT2D eigenvalue weighted by molar-refractivity contribution is 5.97. The molecule has 3 aromatic rings. The molecule has 138 valence electrons. The Morgan fingerprint density at radius 1 is 1.15 bits per heavy atom. The van der Waals surface area contributed by atoms with Crippen LogP contribution in [0.5, 0.6) is 0 Å². The molecule has 0 spiro atoms. The Hall–Kier alpha value is -3.25. The monoisotopic (exact) mass is 363 g/mol. The molecule has 1 atom stereocenters. The lowest BCUT2D eigenvalue weighted by atomic mass is 9.94. The van der Waals surface area contributed by atoms with E-state index < -0.39 is 0 Å². The van der Waals surface area contributed by atoms with E-state index in [1.165, 1.54) is 0 Å². The zero-order chi connectivity index (χ0) is 19.1. The number of aromatic nitrogens is 1. The van der Waals surface area contributed by atoms with E-state index in [2.05, 4.69) is 10.3 Å². The summed E-state index contributed by atoms with van der Waals surface area (Å²) in [7, 11) is 0.